The average Bonchev–Trinajstić information content (AvgIpc) is 2.63. The molecule has 122 valence electrons. The van der Waals surface area contributed by atoms with Gasteiger partial charge in [0.2, 0.25) is 5.75 Å². The summed E-state index contributed by atoms with van der Waals surface area (Å²) in [5, 5.41) is 0. The van der Waals surface area contributed by atoms with E-state index in [4.69, 9.17) is 20.1 Å². The quantitative estimate of drug-likeness (QED) is 0.570. The van der Waals surface area contributed by atoms with Crippen LogP contribution in [0.2, 0.25) is 0 Å². The first kappa shape index (κ1) is 15.5. The predicted molar refractivity (Wildman–Crippen MR) is 87.4 cm³/mol. The summed E-state index contributed by atoms with van der Waals surface area (Å²) in [6.45, 7) is 0. The molecule has 2 heterocycles. The number of nitrogens with zero attached hydrogens (tertiary/aromatic N) is 3. The monoisotopic (exact) mass is 325 g/mol. The SMILES string of the molecule is COc1ccccc1Oc1cnc(-c2cc[n+](N)cc2)nc1OC. The van der Waals surface area contributed by atoms with E-state index in [2.05, 4.69) is 9.97 Å². The van der Waals surface area contributed by atoms with Crippen LogP contribution in [0.3, 0.4) is 0 Å². The van der Waals surface area contributed by atoms with Crippen LogP contribution in [0, 0.1) is 0 Å². The molecule has 7 nitrogen and oxygen atoms in total. The molecule has 3 aromatic rings. The van der Waals surface area contributed by atoms with Crippen LogP contribution in [0.25, 0.3) is 11.4 Å². The van der Waals surface area contributed by atoms with Gasteiger partial charge in [0.15, 0.2) is 29.7 Å². The topological polar surface area (TPSA) is 83.4 Å². The van der Waals surface area contributed by atoms with Crippen LogP contribution >= 0.6 is 0 Å². The first-order valence-corrected chi connectivity index (χ1v) is 7.20. The molecule has 0 aliphatic rings. The smallest absolute Gasteiger partial charge is 0.261 e. The molecule has 3 rings (SSSR count). The van der Waals surface area contributed by atoms with Gasteiger partial charge in [-0.2, -0.15) is 4.98 Å². The maximum atomic E-state index is 5.83. The standard InChI is InChI=1S/C17H17N4O3/c1-22-13-5-3-4-6-14(13)24-15-11-19-16(20-17(15)23-2)12-7-9-21(18)10-8-12/h3-11H,18H2,1-2H3/q+1. The Morgan fingerprint density at radius 1 is 0.917 bits per heavy atom. The molecule has 0 saturated heterocycles. The Morgan fingerprint density at radius 2 is 1.62 bits per heavy atom. The van der Waals surface area contributed by atoms with Gasteiger partial charge >= 0.3 is 0 Å². The number of hydrogen-bond acceptors (Lipinski definition) is 6. The number of hydrogen-bond donors (Lipinski definition) is 1. The number of ether oxygens (including phenoxy) is 3. The van der Waals surface area contributed by atoms with Gasteiger partial charge in [-0.15, -0.1) is 0 Å². The van der Waals surface area contributed by atoms with Crippen molar-refractivity contribution >= 4 is 0 Å². The Kier molecular flexibility index (Phi) is 4.42. The number of para-hydroxylation sites is 2. The first-order valence-electron chi connectivity index (χ1n) is 7.20. The van der Waals surface area contributed by atoms with E-state index >= 15 is 0 Å². The van der Waals surface area contributed by atoms with Crippen LogP contribution < -0.4 is 24.7 Å². The van der Waals surface area contributed by atoms with Gasteiger partial charge in [0.05, 0.1) is 20.4 Å². The largest absolute Gasteiger partial charge is 0.493 e. The fraction of sp³-hybridized carbons (Fsp3) is 0.118. The predicted octanol–water partition coefficient (Wildman–Crippen LogP) is 1.95. The second kappa shape index (κ2) is 6.82. The van der Waals surface area contributed by atoms with E-state index in [0.717, 1.165) is 5.56 Å². The summed E-state index contributed by atoms with van der Waals surface area (Å²) in [7, 11) is 3.11. The minimum atomic E-state index is 0.329. The normalized spacial score (nSPS) is 10.2. The van der Waals surface area contributed by atoms with Gasteiger partial charge < -0.3 is 14.2 Å². The number of benzene rings is 1. The van der Waals surface area contributed by atoms with Crippen LogP contribution in [0.15, 0.2) is 55.0 Å². The van der Waals surface area contributed by atoms with E-state index < -0.39 is 0 Å². The average molecular weight is 325 g/mol. The van der Waals surface area contributed by atoms with E-state index in [-0.39, 0.29) is 0 Å². The minimum absolute atomic E-state index is 0.329. The van der Waals surface area contributed by atoms with Crippen molar-refractivity contribution in [1.29, 1.82) is 0 Å². The molecule has 0 aliphatic carbocycles. The molecule has 2 N–H and O–H groups in total. The zero-order valence-electron chi connectivity index (χ0n) is 13.3. The molecule has 0 aliphatic heterocycles. The fourth-order valence-electron chi connectivity index (χ4n) is 2.12. The lowest BCUT2D eigenvalue weighted by Gasteiger charge is -2.12. The van der Waals surface area contributed by atoms with Gasteiger partial charge in [-0.1, -0.05) is 16.8 Å². The molecular weight excluding hydrogens is 308 g/mol. The van der Waals surface area contributed by atoms with E-state index in [1.54, 1.807) is 31.8 Å². The molecule has 7 heteroatoms. The number of nitrogens with two attached hydrogens (primary N) is 1. The van der Waals surface area contributed by atoms with Gasteiger partial charge in [0.1, 0.15) is 0 Å². The minimum Gasteiger partial charge on any atom is -0.493 e. The van der Waals surface area contributed by atoms with Crippen LogP contribution in [-0.4, -0.2) is 24.2 Å². The van der Waals surface area contributed by atoms with E-state index in [1.807, 2.05) is 30.3 Å². The van der Waals surface area contributed by atoms with E-state index in [1.165, 1.54) is 11.8 Å². The molecule has 0 saturated carbocycles. The van der Waals surface area contributed by atoms with Crippen molar-refractivity contribution in [3.8, 4) is 34.5 Å². The van der Waals surface area contributed by atoms with Gasteiger partial charge in [0.25, 0.3) is 5.88 Å². The highest BCUT2D eigenvalue weighted by Crippen LogP contribution is 2.35. The highest BCUT2D eigenvalue weighted by Gasteiger charge is 2.14. The number of methoxy groups -OCH3 is 2. The third-order valence-corrected chi connectivity index (χ3v) is 3.32. The summed E-state index contributed by atoms with van der Waals surface area (Å²) >= 11 is 0. The van der Waals surface area contributed by atoms with Crippen LogP contribution in [0.4, 0.5) is 0 Å². The highest BCUT2D eigenvalue weighted by molar-refractivity contribution is 5.55. The lowest BCUT2D eigenvalue weighted by molar-refractivity contribution is -0.638. The van der Waals surface area contributed by atoms with Gasteiger partial charge in [-0.3, -0.25) is 0 Å². The summed E-state index contributed by atoms with van der Waals surface area (Å²) < 4.78 is 17.9. The van der Waals surface area contributed by atoms with Crippen molar-refractivity contribution in [3.05, 3.63) is 55.0 Å². The first-order chi connectivity index (χ1) is 11.7. The van der Waals surface area contributed by atoms with Gasteiger partial charge in [0, 0.05) is 17.7 Å². The van der Waals surface area contributed by atoms with Crippen molar-refractivity contribution in [2.45, 2.75) is 0 Å². The fourth-order valence-corrected chi connectivity index (χ4v) is 2.12. The second-order valence-corrected chi connectivity index (χ2v) is 4.85. The summed E-state index contributed by atoms with van der Waals surface area (Å²) in [5.74, 6) is 8.02. The maximum absolute atomic E-state index is 5.83. The maximum Gasteiger partial charge on any atom is 0.261 e. The van der Waals surface area contributed by atoms with Gasteiger partial charge in [-0.05, 0) is 12.1 Å². The number of rotatable bonds is 5. The van der Waals surface area contributed by atoms with E-state index in [9.17, 15) is 0 Å². The summed E-state index contributed by atoms with van der Waals surface area (Å²) in [4.78, 5) is 8.73. The Labute approximate surface area is 139 Å². The molecule has 2 aromatic heterocycles. The zero-order chi connectivity index (χ0) is 16.9. The van der Waals surface area contributed by atoms with Gasteiger partial charge in [-0.25, -0.2) is 10.8 Å². The molecular formula is C17H17N4O3+. The number of nitrogen functional groups attached to an aromatic ring is 1. The van der Waals surface area contributed by atoms with Crippen molar-refractivity contribution in [3.63, 3.8) is 0 Å². The third kappa shape index (κ3) is 3.19. The molecule has 24 heavy (non-hydrogen) atoms. The lowest BCUT2D eigenvalue weighted by atomic mass is 10.2. The molecule has 0 bridgehead atoms. The number of pyridine rings is 1. The molecule has 1 aromatic carbocycles. The van der Waals surface area contributed by atoms with Crippen LogP contribution in [0.5, 0.6) is 23.1 Å². The number of aromatic nitrogens is 3. The van der Waals surface area contributed by atoms with Crippen LogP contribution in [-0.2, 0) is 0 Å². The van der Waals surface area contributed by atoms with E-state index in [0.29, 0.717) is 29.0 Å². The Balaban J connectivity index is 1.93. The summed E-state index contributed by atoms with van der Waals surface area (Å²) in [6, 6.07) is 10.9. The Hall–Kier alpha value is -3.35. The molecule has 0 spiro atoms. The molecule has 0 unspecified atom stereocenters. The van der Waals surface area contributed by atoms with Crippen molar-refractivity contribution in [2.75, 3.05) is 20.1 Å². The molecule has 0 radical (unpaired) electrons. The highest BCUT2D eigenvalue weighted by atomic mass is 16.5. The third-order valence-electron chi connectivity index (χ3n) is 3.32. The molecule has 0 amide bonds. The Bertz CT molecular complexity index is 837. The van der Waals surface area contributed by atoms with Crippen molar-refractivity contribution in [1.82, 2.24) is 9.97 Å². The zero-order valence-corrected chi connectivity index (χ0v) is 13.3. The Morgan fingerprint density at radius 3 is 2.29 bits per heavy atom. The summed E-state index contributed by atoms with van der Waals surface area (Å²) in [5.41, 5.74) is 0.818. The second-order valence-electron chi connectivity index (χ2n) is 4.85. The lowest BCUT2D eigenvalue weighted by Crippen LogP contribution is -2.43. The van der Waals surface area contributed by atoms with Crippen LogP contribution in [0.1, 0.15) is 0 Å². The van der Waals surface area contributed by atoms with Crippen molar-refractivity contribution in [2.24, 2.45) is 0 Å². The van der Waals surface area contributed by atoms with Crippen molar-refractivity contribution < 1.29 is 18.9 Å². The molecule has 0 fully saturated rings. The summed E-state index contributed by atoms with van der Waals surface area (Å²) in [6.07, 6.45) is 4.99. The molecule has 0 atom stereocenters.